The highest BCUT2D eigenvalue weighted by molar-refractivity contribution is 14.1. The van der Waals surface area contributed by atoms with Crippen LogP contribution in [-0.2, 0) is 16.0 Å². The number of hydrogen-bond acceptors (Lipinski definition) is 3. The van der Waals surface area contributed by atoms with Gasteiger partial charge in [-0.1, -0.05) is 37.3 Å². The summed E-state index contributed by atoms with van der Waals surface area (Å²) >= 11 is 1.95. The maximum atomic E-state index is 12.4. The maximum Gasteiger partial charge on any atom is 0.318 e. The zero-order valence-electron chi connectivity index (χ0n) is 11.6. The Morgan fingerprint density at radius 2 is 1.95 bits per heavy atom. The van der Waals surface area contributed by atoms with Gasteiger partial charge in [-0.25, -0.2) is 3.21 Å². The standard InChI is InChI=1S/C15H20INO2/c1-4-15(12(3)17-16,14(18)19-5-2)11-13-9-7-6-8-10-13/h6-10H,4-5,11H2,1-3H3/b17-12+. The molecular weight excluding hydrogens is 353 g/mol. The summed E-state index contributed by atoms with van der Waals surface area (Å²) in [5.74, 6) is -0.181. The Labute approximate surface area is 129 Å². The number of carbonyl (C=O) groups excluding carboxylic acids is 1. The van der Waals surface area contributed by atoms with Crippen molar-refractivity contribution < 1.29 is 9.53 Å². The van der Waals surface area contributed by atoms with Crippen molar-refractivity contribution in [2.75, 3.05) is 6.61 Å². The van der Waals surface area contributed by atoms with Crippen LogP contribution >= 0.6 is 22.9 Å². The number of carbonyl (C=O) groups is 1. The molecule has 0 aromatic heterocycles. The fourth-order valence-corrected chi connectivity index (χ4v) is 2.63. The molecule has 0 aliphatic carbocycles. The molecule has 3 nitrogen and oxygen atoms in total. The second kappa shape index (κ2) is 7.62. The van der Waals surface area contributed by atoms with E-state index in [2.05, 4.69) is 3.21 Å². The first-order valence-corrected chi connectivity index (χ1v) is 7.44. The molecule has 0 spiro atoms. The molecule has 0 fully saturated rings. The van der Waals surface area contributed by atoms with E-state index < -0.39 is 5.41 Å². The minimum absolute atomic E-state index is 0.181. The molecule has 0 radical (unpaired) electrons. The maximum absolute atomic E-state index is 12.4. The highest BCUT2D eigenvalue weighted by Crippen LogP contribution is 2.31. The Morgan fingerprint density at radius 1 is 1.32 bits per heavy atom. The Kier molecular flexibility index (Phi) is 6.48. The number of ether oxygens (including phenoxy) is 1. The van der Waals surface area contributed by atoms with Gasteiger partial charge in [0.05, 0.1) is 29.5 Å². The number of benzene rings is 1. The zero-order valence-corrected chi connectivity index (χ0v) is 13.8. The molecule has 1 atom stereocenters. The highest BCUT2D eigenvalue weighted by Gasteiger charge is 2.41. The van der Waals surface area contributed by atoms with E-state index in [1.807, 2.05) is 74.0 Å². The van der Waals surface area contributed by atoms with Crippen LogP contribution in [0.5, 0.6) is 0 Å². The smallest absolute Gasteiger partial charge is 0.318 e. The predicted molar refractivity (Wildman–Crippen MR) is 86.6 cm³/mol. The van der Waals surface area contributed by atoms with E-state index in [0.717, 1.165) is 11.3 Å². The number of nitrogens with zero attached hydrogens (tertiary/aromatic N) is 1. The first kappa shape index (κ1) is 16.1. The van der Waals surface area contributed by atoms with Gasteiger partial charge in [0, 0.05) is 5.71 Å². The minimum atomic E-state index is -0.654. The molecule has 0 aliphatic rings. The second-order valence-corrected chi connectivity index (χ2v) is 4.97. The van der Waals surface area contributed by atoms with Crippen molar-refractivity contribution >= 4 is 34.5 Å². The summed E-state index contributed by atoms with van der Waals surface area (Å²) in [5.41, 5.74) is 1.29. The summed E-state index contributed by atoms with van der Waals surface area (Å²) in [6, 6.07) is 10.0. The van der Waals surface area contributed by atoms with Crippen LogP contribution < -0.4 is 0 Å². The largest absolute Gasteiger partial charge is 0.465 e. The molecule has 19 heavy (non-hydrogen) atoms. The third-order valence-electron chi connectivity index (χ3n) is 3.44. The minimum Gasteiger partial charge on any atom is -0.465 e. The van der Waals surface area contributed by atoms with Crippen molar-refractivity contribution in [3.05, 3.63) is 35.9 Å². The predicted octanol–water partition coefficient (Wildman–Crippen LogP) is 4.00. The van der Waals surface area contributed by atoms with E-state index in [4.69, 9.17) is 4.74 Å². The summed E-state index contributed by atoms with van der Waals surface area (Å²) in [6.07, 6.45) is 1.31. The Bertz CT molecular complexity index is 445. The molecule has 0 heterocycles. The fraction of sp³-hybridized carbons (Fsp3) is 0.467. The van der Waals surface area contributed by atoms with Gasteiger partial charge in [-0.15, -0.1) is 0 Å². The highest BCUT2D eigenvalue weighted by atomic mass is 127. The SMILES string of the molecule is CCOC(=O)C(CC)(Cc1ccccc1)/C(C)=N/I. The van der Waals surface area contributed by atoms with Crippen molar-refractivity contribution in [1.82, 2.24) is 0 Å². The van der Waals surface area contributed by atoms with Gasteiger partial charge in [0.15, 0.2) is 0 Å². The summed E-state index contributed by atoms with van der Waals surface area (Å²) in [5, 5.41) is 0. The first-order valence-electron chi connectivity index (χ1n) is 6.48. The lowest BCUT2D eigenvalue weighted by atomic mass is 9.75. The molecule has 0 saturated heterocycles. The number of rotatable bonds is 6. The lowest BCUT2D eigenvalue weighted by Crippen LogP contribution is -2.41. The van der Waals surface area contributed by atoms with Crippen LogP contribution in [0.1, 0.15) is 32.8 Å². The van der Waals surface area contributed by atoms with Crippen molar-refractivity contribution in [2.24, 2.45) is 8.62 Å². The van der Waals surface area contributed by atoms with Crippen LogP contribution in [0.4, 0.5) is 0 Å². The number of esters is 1. The van der Waals surface area contributed by atoms with Crippen LogP contribution in [0.2, 0.25) is 0 Å². The normalized spacial score (nSPS) is 14.8. The van der Waals surface area contributed by atoms with Gasteiger partial charge in [-0.05, 0) is 32.3 Å². The summed E-state index contributed by atoms with van der Waals surface area (Å²) in [7, 11) is 0. The lowest BCUT2D eigenvalue weighted by molar-refractivity contribution is -0.151. The number of hydrogen-bond donors (Lipinski definition) is 0. The van der Waals surface area contributed by atoms with Crippen LogP contribution in [0, 0.1) is 5.41 Å². The van der Waals surface area contributed by atoms with Gasteiger partial charge in [-0.2, -0.15) is 0 Å². The third kappa shape index (κ3) is 3.78. The molecule has 0 amide bonds. The van der Waals surface area contributed by atoms with Gasteiger partial charge < -0.3 is 4.74 Å². The fourth-order valence-electron chi connectivity index (χ4n) is 2.17. The van der Waals surface area contributed by atoms with Crippen LogP contribution in [-0.4, -0.2) is 18.3 Å². The molecule has 4 heteroatoms. The molecular formula is C15H20INO2. The molecule has 1 rings (SSSR count). The van der Waals surface area contributed by atoms with Crippen LogP contribution in [0.15, 0.2) is 33.5 Å². The molecule has 0 aliphatic heterocycles. The molecule has 1 unspecified atom stereocenters. The van der Waals surface area contributed by atoms with E-state index in [1.165, 1.54) is 0 Å². The van der Waals surface area contributed by atoms with Gasteiger partial charge >= 0.3 is 5.97 Å². The van der Waals surface area contributed by atoms with E-state index in [0.29, 0.717) is 19.4 Å². The lowest BCUT2D eigenvalue weighted by Gasteiger charge is -2.30. The average molecular weight is 373 g/mol. The molecule has 1 aromatic carbocycles. The van der Waals surface area contributed by atoms with Crippen LogP contribution in [0.3, 0.4) is 0 Å². The molecule has 1 aromatic rings. The van der Waals surface area contributed by atoms with Crippen molar-refractivity contribution in [3.8, 4) is 0 Å². The van der Waals surface area contributed by atoms with Crippen molar-refractivity contribution in [3.63, 3.8) is 0 Å². The summed E-state index contributed by atoms with van der Waals surface area (Å²) in [4.78, 5) is 12.4. The zero-order chi connectivity index (χ0) is 14.3. The van der Waals surface area contributed by atoms with Crippen molar-refractivity contribution in [1.29, 1.82) is 0 Å². The van der Waals surface area contributed by atoms with E-state index >= 15 is 0 Å². The van der Waals surface area contributed by atoms with E-state index in [9.17, 15) is 4.79 Å². The molecule has 0 saturated carbocycles. The van der Waals surface area contributed by atoms with E-state index in [-0.39, 0.29) is 5.97 Å². The molecule has 0 bridgehead atoms. The second-order valence-electron chi connectivity index (χ2n) is 4.49. The van der Waals surface area contributed by atoms with Crippen molar-refractivity contribution in [2.45, 2.75) is 33.6 Å². The van der Waals surface area contributed by atoms with Gasteiger partial charge in [0.25, 0.3) is 0 Å². The molecule has 0 N–H and O–H groups in total. The van der Waals surface area contributed by atoms with Gasteiger partial charge in [-0.3, -0.25) is 4.79 Å². The van der Waals surface area contributed by atoms with Gasteiger partial charge in [0.1, 0.15) is 5.41 Å². The Hall–Kier alpha value is -0.910. The van der Waals surface area contributed by atoms with E-state index in [1.54, 1.807) is 0 Å². The monoisotopic (exact) mass is 373 g/mol. The quantitative estimate of drug-likeness (QED) is 0.430. The van der Waals surface area contributed by atoms with Crippen LogP contribution in [0.25, 0.3) is 0 Å². The summed E-state index contributed by atoms with van der Waals surface area (Å²) < 4.78 is 9.49. The molecule has 104 valence electrons. The Balaban J connectivity index is 3.14. The third-order valence-corrected chi connectivity index (χ3v) is 4.16. The average Bonchev–Trinajstić information content (AvgIpc) is 2.45. The first-order chi connectivity index (χ1) is 9.10. The Morgan fingerprint density at radius 3 is 2.42 bits per heavy atom. The summed E-state index contributed by atoms with van der Waals surface area (Å²) in [6.45, 7) is 6.13. The number of halogens is 1. The topological polar surface area (TPSA) is 38.7 Å². The van der Waals surface area contributed by atoms with Gasteiger partial charge in [0.2, 0.25) is 0 Å².